The summed E-state index contributed by atoms with van der Waals surface area (Å²) in [6.45, 7) is 7.85. The van der Waals surface area contributed by atoms with Crippen molar-refractivity contribution in [1.29, 1.82) is 0 Å². The lowest BCUT2D eigenvalue weighted by Gasteiger charge is -2.27. The highest BCUT2D eigenvalue weighted by Crippen LogP contribution is 2.16. The number of carbonyl (C=O) groups excluding carboxylic acids is 1. The van der Waals surface area contributed by atoms with Gasteiger partial charge in [-0.05, 0) is 71.6 Å². The smallest absolute Gasteiger partial charge is 0.223 e. The zero-order chi connectivity index (χ0) is 14.9. The minimum Gasteiger partial charge on any atom is -0.356 e. The molecule has 0 spiro atoms. The summed E-state index contributed by atoms with van der Waals surface area (Å²) in [6, 6.07) is 0.485. The average molecular weight is 332 g/mol. The second kappa shape index (κ2) is 11.3. The number of amides is 1. The van der Waals surface area contributed by atoms with Gasteiger partial charge in [-0.3, -0.25) is 4.79 Å². The number of unbranched alkanes of at least 4 members (excludes halogenated alkanes) is 2. The molecular weight excluding hydrogens is 298 g/mol. The molecule has 0 bridgehead atoms. The van der Waals surface area contributed by atoms with Crippen molar-refractivity contribution in [3.63, 3.8) is 0 Å². The number of nitrogens with zero attached hydrogens (tertiary/aromatic N) is 1. The molecule has 0 aromatic carbocycles. The fraction of sp³-hybridized carbons (Fsp3) is 0.941. The molecule has 0 saturated carbocycles. The molecule has 2 N–H and O–H groups in total. The molecule has 0 radical (unpaired) electrons. The third-order valence-electron chi connectivity index (χ3n) is 4.89. The summed E-state index contributed by atoms with van der Waals surface area (Å²) in [4.78, 5) is 14.7. The van der Waals surface area contributed by atoms with Gasteiger partial charge in [0.05, 0.1) is 0 Å². The van der Waals surface area contributed by atoms with Crippen LogP contribution < -0.4 is 10.6 Å². The van der Waals surface area contributed by atoms with Crippen LogP contribution in [0.4, 0.5) is 0 Å². The highest BCUT2D eigenvalue weighted by molar-refractivity contribution is 5.85. The van der Waals surface area contributed by atoms with E-state index in [-0.39, 0.29) is 24.2 Å². The van der Waals surface area contributed by atoms with Crippen LogP contribution in [-0.2, 0) is 4.79 Å². The van der Waals surface area contributed by atoms with Crippen LogP contribution >= 0.6 is 12.4 Å². The molecule has 0 unspecified atom stereocenters. The number of hydrogen-bond acceptors (Lipinski definition) is 3. The molecule has 0 aliphatic carbocycles. The normalized spacial score (nSPS) is 26.2. The van der Waals surface area contributed by atoms with Crippen LogP contribution in [0.2, 0.25) is 0 Å². The minimum atomic E-state index is 0. The highest BCUT2D eigenvalue weighted by Gasteiger charge is 2.24. The number of halogens is 1. The predicted octanol–water partition coefficient (Wildman–Crippen LogP) is 2.57. The van der Waals surface area contributed by atoms with Gasteiger partial charge < -0.3 is 15.5 Å². The molecule has 2 fully saturated rings. The molecule has 2 heterocycles. The van der Waals surface area contributed by atoms with Gasteiger partial charge in [0.1, 0.15) is 0 Å². The van der Waals surface area contributed by atoms with Gasteiger partial charge in [-0.15, -0.1) is 12.4 Å². The molecule has 0 aromatic rings. The maximum absolute atomic E-state index is 12.1. The van der Waals surface area contributed by atoms with Crippen LogP contribution in [0.15, 0.2) is 0 Å². The van der Waals surface area contributed by atoms with E-state index in [1.54, 1.807) is 0 Å². The molecule has 2 atom stereocenters. The monoisotopic (exact) mass is 331 g/mol. The number of piperidine rings is 2. The van der Waals surface area contributed by atoms with Gasteiger partial charge in [0.15, 0.2) is 0 Å². The summed E-state index contributed by atoms with van der Waals surface area (Å²) in [6.07, 6.45) is 9.79. The lowest BCUT2D eigenvalue weighted by molar-refractivity contribution is -0.126. The Morgan fingerprint density at radius 2 is 1.95 bits per heavy atom. The highest BCUT2D eigenvalue weighted by atomic mass is 35.5. The standard InChI is InChI=1S/C17H33N3O.ClH/c1-15-14-16(8-10-18-15)17(21)19-9-4-2-5-11-20-12-6-3-7-13-20;/h15-16,18H,2-14H2,1H3,(H,19,21);1H/t15-,16-;/m0./s1. The van der Waals surface area contributed by atoms with Crippen molar-refractivity contribution < 1.29 is 4.79 Å². The van der Waals surface area contributed by atoms with Crippen molar-refractivity contribution in [2.75, 3.05) is 32.7 Å². The molecule has 5 heteroatoms. The lowest BCUT2D eigenvalue weighted by Crippen LogP contribution is -2.42. The van der Waals surface area contributed by atoms with Crippen LogP contribution in [0.3, 0.4) is 0 Å². The topological polar surface area (TPSA) is 44.4 Å². The summed E-state index contributed by atoms with van der Waals surface area (Å²) < 4.78 is 0. The van der Waals surface area contributed by atoms with Crippen molar-refractivity contribution in [3.05, 3.63) is 0 Å². The molecule has 22 heavy (non-hydrogen) atoms. The van der Waals surface area contributed by atoms with E-state index in [2.05, 4.69) is 22.5 Å². The lowest BCUT2D eigenvalue weighted by atomic mass is 9.92. The van der Waals surface area contributed by atoms with Crippen LogP contribution in [-0.4, -0.2) is 49.6 Å². The SMILES string of the molecule is C[C@H]1C[C@@H](C(=O)NCCCCCN2CCCCC2)CCN1.Cl. The van der Waals surface area contributed by atoms with E-state index in [1.807, 2.05) is 0 Å². The average Bonchev–Trinajstić information content (AvgIpc) is 2.51. The van der Waals surface area contributed by atoms with Crippen molar-refractivity contribution in [3.8, 4) is 0 Å². The molecule has 130 valence electrons. The summed E-state index contributed by atoms with van der Waals surface area (Å²) in [5, 5.41) is 6.53. The van der Waals surface area contributed by atoms with Crippen LogP contribution in [0, 0.1) is 5.92 Å². The third-order valence-corrected chi connectivity index (χ3v) is 4.89. The first-order valence-corrected chi connectivity index (χ1v) is 8.99. The molecule has 4 nitrogen and oxygen atoms in total. The number of rotatable bonds is 7. The first-order valence-electron chi connectivity index (χ1n) is 8.99. The largest absolute Gasteiger partial charge is 0.356 e. The van der Waals surface area contributed by atoms with E-state index < -0.39 is 0 Å². The second-order valence-electron chi connectivity index (χ2n) is 6.83. The van der Waals surface area contributed by atoms with Gasteiger partial charge >= 0.3 is 0 Å². The molecule has 2 saturated heterocycles. The Kier molecular flexibility index (Phi) is 10.1. The Morgan fingerprint density at radius 1 is 1.18 bits per heavy atom. The molecular formula is C17H34ClN3O. The Labute approximate surface area is 142 Å². The van der Waals surface area contributed by atoms with E-state index >= 15 is 0 Å². The Morgan fingerprint density at radius 3 is 2.68 bits per heavy atom. The zero-order valence-corrected chi connectivity index (χ0v) is 14.9. The Hall–Kier alpha value is -0.320. The number of carbonyl (C=O) groups is 1. The summed E-state index contributed by atoms with van der Waals surface area (Å²) in [7, 11) is 0. The van der Waals surface area contributed by atoms with E-state index in [4.69, 9.17) is 0 Å². The molecule has 0 aromatic heterocycles. The summed E-state index contributed by atoms with van der Waals surface area (Å²) >= 11 is 0. The molecule has 2 aliphatic heterocycles. The predicted molar refractivity (Wildman–Crippen MR) is 94.6 cm³/mol. The molecule has 2 aliphatic rings. The van der Waals surface area contributed by atoms with E-state index in [0.717, 1.165) is 32.4 Å². The van der Waals surface area contributed by atoms with Crippen molar-refractivity contribution in [2.24, 2.45) is 5.92 Å². The third kappa shape index (κ3) is 7.30. The van der Waals surface area contributed by atoms with Crippen LogP contribution in [0.1, 0.15) is 58.3 Å². The number of nitrogens with one attached hydrogen (secondary N) is 2. The number of likely N-dealkylation sites (tertiary alicyclic amines) is 1. The van der Waals surface area contributed by atoms with Crippen molar-refractivity contribution in [2.45, 2.75) is 64.3 Å². The second-order valence-corrected chi connectivity index (χ2v) is 6.83. The minimum absolute atomic E-state index is 0. The van der Waals surface area contributed by atoms with Crippen molar-refractivity contribution >= 4 is 18.3 Å². The van der Waals surface area contributed by atoms with Gasteiger partial charge in [-0.2, -0.15) is 0 Å². The van der Waals surface area contributed by atoms with Gasteiger partial charge in [-0.25, -0.2) is 0 Å². The van der Waals surface area contributed by atoms with Gasteiger partial charge in [0, 0.05) is 18.5 Å². The maximum atomic E-state index is 12.1. The van der Waals surface area contributed by atoms with E-state index in [9.17, 15) is 4.79 Å². The fourth-order valence-corrected chi connectivity index (χ4v) is 3.55. The number of hydrogen-bond donors (Lipinski definition) is 2. The van der Waals surface area contributed by atoms with E-state index in [0.29, 0.717) is 6.04 Å². The molecule has 1 amide bonds. The van der Waals surface area contributed by atoms with Crippen molar-refractivity contribution in [1.82, 2.24) is 15.5 Å². The summed E-state index contributed by atoms with van der Waals surface area (Å²) in [5.74, 6) is 0.508. The van der Waals surface area contributed by atoms with Gasteiger partial charge in [-0.1, -0.05) is 12.8 Å². The maximum Gasteiger partial charge on any atom is 0.223 e. The van der Waals surface area contributed by atoms with Gasteiger partial charge in [0.2, 0.25) is 5.91 Å². The van der Waals surface area contributed by atoms with Crippen LogP contribution in [0.5, 0.6) is 0 Å². The quantitative estimate of drug-likeness (QED) is 0.705. The van der Waals surface area contributed by atoms with Gasteiger partial charge in [0.25, 0.3) is 0 Å². The Bertz CT molecular complexity index is 308. The zero-order valence-electron chi connectivity index (χ0n) is 14.1. The van der Waals surface area contributed by atoms with Crippen LogP contribution in [0.25, 0.3) is 0 Å². The Balaban J connectivity index is 0.00000242. The van der Waals surface area contributed by atoms with E-state index in [1.165, 1.54) is 51.7 Å². The fourth-order valence-electron chi connectivity index (χ4n) is 3.55. The first kappa shape index (κ1) is 19.7. The summed E-state index contributed by atoms with van der Waals surface area (Å²) in [5.41, 5.74) is 0. The first-order chi connectivity index (χ1) is 10.3. The molecule has 2 rings (SSSR count).